The number of ether oxygens (including phenoxy) is 1. The van der Waals surface area contributed by atoms with E-state index in [2.05, 4.69) is 10.00 Å². The van der Waals surface area contributed by atoms with Crippen molar-refractivity contribution < 1.29 is 17.9 Å². The van der Waals surface area contributed by atoms with Gasteiger partial charge in [0.1, 0.15) is 12.1 Å². The maximum atomic E-state index is 13.0. The van der Waals surface area contributed by atoms with Crippen molar-refractivity contribution >= 4 is 17.9 Å². The molecule has 2 aromatic carbocycles. The number of hydrogen-bond acceptors (Lipinski definition) is 5. The van der Waals surface area contributed by atoms with Crippen LogP contribution in [0.5, 0.6) is 5.75 Å². The molecule has 0 bridgehead atoms. The summed E-state index contributed by atoms with van der Waals surface area (Å²) in [6, 6.07) is 13.0. The zero-order valence-corrected chi connectivity index (χ0v) is 17.7. The molecule has 4 rings (SSSR count). The molecule has 0 aliphatic carbocycles. The molecule has 1 fully saturated rings. The van der Waals surface area contributed by atoms with Gasteiger partial charge in [-0.3, -0.25) is 9.47 Å². The maximum Gasteiger partial charge on any atom is 0.416 e. The Bertz CT molecular complexity index is 1100. The molecule has 1 aliphatic heterocycles. The van der Waals surface area contributed by atoms with E-state index in [9.17, 15) is 13.2 Å². The number of hydrogen-bond donors (Lipinski definition) is 0. The third-order valence-electron chi connectivity index (χ3n) is 5.32. The highest BCUT2D eigenvalue weighted by Crippen LogP contribution is 2.32. The SMILES string of the molecule is COc1ccccc1-n1cnn(CN2CCN(c3cccc(C(F)(F)F)c3)CC2)c1=S. The van der Waals surface area contributed by atoms with Crippen molar-refractivity contribution in [3.8, 4) is 11.4 Å². The van der Waals surface area contributed by atoms with Crippen LogP contribution < -0.4 is 9.64 Å². The van der Waals surface area contributed by atoms with E-state index in [0.717, 1.165) is 11.8 Å². The van der Waals surface area contributed by atoms with Crippen LogP contribution in [0.3, 0.4) is 0 Å². The van der Waals surface area contributed by atoms with E-state index in [4.69, 9.17) is 17.0 Å². The molecule has 0 unspecified atom stereocenters. The minimum Gasteiger partial charge on any atom is -0.495 e. The molecule has 0 atom stereocenters. The third kappa shape index (κ3) is 4.59. The summed E-state index contributed by atoms with van der Waals surface area (Å²) in [6.07, 6.45) is -2.67. The smallest absolute Gasteiger partial charge is 0.416 e. The Kier molecular flexibility index (Phi) is 6.01. The highest BCUT2D eigenvalue weighted by Gasteiger charge is 2.31. The van der Waals surface area contributed by atoms with Crippen molar-refractivity contribution in [1.82, 2.24) is 19.2 Å². The first kappa shape index (κ1) is 21.4. The lowest BCUT2D eigenvalue weighted by atomic mass is 10.1. The van der Waals surface area contributed by atoms with E-state index in [1.807, 2.05) is 29.2 Å². The first-order valence-corrected chi connectivity index (χ1v) is 10.2. The van der Waals surface area contributed by atoms with E-state index < -0.39 is 11.7 Å². The number of piperazine rings is 1. The fourth-order valence-corrected chi connectivity index (χ4v) is 3.89. The van der Waals surface area contributed by atoms with Crippen molar-refractivity contribution in [2.75, 3.05) is 38.2 Å². The van der Waals surface area contributed by atoms with Crippen LogP contribution in [-0.2, 0) is 12.8 Å². The monoisotopic (exact) mass is 449 g/mol. The number of halogens is 3. The van der Waals surface area contributed by atoms with Gasteiger partial charge in [-0.2, -0.15) is 18.3 Å². The summed E-state index contributed by atoms with van der Waals surface area (Å²) in [5, 5.41) is 4.42. The molecule has 2 heterocycles. The Morgan fingerprint density at radius 3 is 2.48 bits per heavy atom. The molecule has 10 heteroatoms. The second-order valence-electron chi connectivity index (χ2n) is 7.25. The number of nitrogens with zero attached hydrogens (tertiary/aromatic N) is 5. The maximum absolute atomic E-state index is 13.0. The standard InChI is InChI=1S/C21H22F3N5OS/c1-30-19-8-3-2-7-18(19)28-14-25-29(20(28)31)15-26-9-11-27(12-10-26)17-6-4-5-16(13-17)21(22,23)24/h2-8,13-14H,9-12,15H2,1H3. The van der Waals surface area contributed by atoms with Crippen LogP contribution in [0.4, 0.5) is 18.9 Å². The second kappa shape index (κ2) is 8.72. The molecule has 0 radical (unpaired) electrons. The van der Waals surface area contributed by atoms with E-state index in [0.29, 0.717) is 49.1 Å². The van der Waals surface area contributed by atoms with Crippen LogP contribution in [0.1, 0.15) is 5.56 Å². The number of methoxy groups -OCH3 is 1. The van der Waals surface area contributed by atoms with Gasteiger partial charge in [0.2, 0.25) is 4.77 Å². The molecule has 31 heavy (non-hydrogen) atoms. The summed E-state index contributed by atoms with van der Waals surface area (Å²) in [5.74, 6) is 0.702. The number of para-hydroxylation sites is 2. The summed E-state index contributed by atoms with van der Waals surface area (Å²) in [7, 11) is 1.61. The van der Waals surface area contributed by atoms with Crippen molar-refractivity contribution in [2.24, 2.45) is 0 Å². The molecular formula is C21H22F3N5OS. The topological polar surface area (TPSA) is 38.5 Å². The van der Waals surface area contributed by atoms with Crippen LogP contribution in [0.2, 0.25) is 0 Å². The fraction of sp³-hybridized carbons (Fsp3) is 0.333. The molecule has 0 saturated carbocycles. The lowest BCUT2D eigenvalue weighted by Gasteiger charge is -2.36. The van der Waals surface area contributed by atoms with Crippen molar-refractivity contribution in [2.45, 2.75) is 12.8 Å². The second-order valence-corrected chi connectivity index (χ2v) is 7.61. The van der Waals surface area contributed by atoms with Crippen LogP contribution in [0, 0.1) is 4.77 Å². The zero-order chi connectivity index (χ0) is 22.0. The quantitative estimate of drug-likeness (QED) is 0.546. The summed E-state index contributed by atoms with van der Waals surface area (Å²) in [4.78, 5) is 4.15. The molecular weight excluding hydrogens is 427 g/mol. The van der Waals surface area contributed by atoms with Crippen molar-refractivity contribution in [3.63, 3.8) is 0 Å². The highest BCUT2D eigenvalue weighted by molar-refractivity contribution is 7.71. The fourth-order valence-electron chi connectivity index (χ4n) is 3.64. The average molecular weight is 450 g/mol. The Labute approximate surface area is 183 Å². The normalized spacial score (nSPS) is 15.3. The van der Waals surface area contributed by atoms with Crippen molar-refractivity contribution in [1.29, 1.82) is 0 Å². The summed E-state index contributed by atoms with van der Waals surface area (Å²) in [5.41, 5.74) is 0.780. The van der Waals surface area contributed by atoms with Gasteiger partial charge in [0.25, 0.3) is 0 Å². The van der Waals surface area contributed by atoms with Gasteiger partial charge in [-0.05, 0) is 42.5 Å². The summed E-state index contributed by atoms with van der Waals surface area (Å²) in [6.45, 7) is 3.15. The summed E-state index contributed by atoms with van der Waals surface area (Å²) >= 11 is 5.60. The molecule has 1 aromatic heterocycles. The van der Waals surface area contributed by atoms with E-state index in [1.165, 1.54) is 12.1 Å². The van der Waals surface area contributed by atoms with Crippen LogP contribution in [0.25, 0.3) is 5.69 Å². The zero-order valence-electron chi connectivity index (χ0n) is 16.9. The predicted octanol–water partition coefficient (Wildman–Crippen LogP) is 4.21. The average Bonchev–Trinajstić information content (AvgIpc) is 3.13. The van der Waals surface area contributed by atoms with E-state index in [1.54, 1.807) is 28.8 Å². The van der Waals surface area contributed by atoms with Gasteiger partial charge in [0, 0.05) is 31.9 Å². The predicted molar refractivity (Wildman–Crippen MR) is 114 cm³/mol. The number of anilines is 1. The molecule has 1 saturated heterocycles. The van der Waals surface area contributed by atoms with Gasteiger partial charge in [-0.15, -0.1) is 0 Å². The highest BCUT2D eigenvalue weighted by atomic mass is 32.1. The van der Waals surface area contributed by atoms with Crippen molar-refractivity contribution in [3.05, 3.63) is 65.2 Å². The minimum absolute atomic E-state index is 0.511. The van der Waals surface area contributed by atoms with Gasteiger partial charge in [-0.25, -0.2) is 4.68 Å². The molecule has 6 nitrogen and oxygen atoms in total. The number of benzene rings is 2. The number of aromatic nitrogens is 3. The Balaban J connectivity index is 1.42. The molecule has 0 amide bonds. The minimum atomic E-state index is -4.34. The van der Waals surface area contributed by atoms with Gasteiger partial charge < -0.3 is 9.64 Å². The largest absolute Gasteiger partial charge is 0.495 e. The molecule has 1 aliphatic rings. The van der Waals surface area contributed by atoms with Crippen LogP contribution in [-0.4, -0.2) is 52.5 Å². The van der Waals surface area contributed by atoms with E-state index >= 15 is 0 Å². The Morgan fingerprint density at radius 2 is 1.77 bits per heavy atom. The van der Waals surface area contributed by atoms with Crippen LogP contribution >= 0.6 is 12.2 Å². The van der Waals surface area contributed by atoms with E-state index in [-0.39, 0.29) is 0 Å². The third-order valence-corrected chi connectivity index (χ3v) is 5.73. The van der Waals surface area contributed by atoms with Crippen LogP contribution in [0.15, 0.2) is 54.9 Å². The molecule has 0 N–H and O–H groups in total. The lowest BCUT2D eigenvalue weighted by molar-refractivity contribution is -0.137. The Morgan fingerprint density at radius 1 is 1.03 bits per heavy atom. The van der Waals surface area contributed by atoms with Gasteiger partial charge in [0.05, 0.1) is 25.0 Å². The number of rotatable bonds is 5. The Hall–Kier alpha value is -2.85. The number of alkyl halides is 3. The van der Waals surface area contributed by atoms with Gasteiger partial charge >= 0.3 is 6.18 Å². The lowest BCUT2D eigenvalue weighted by Crippen LogP contribution is -2.47. The first-order valence-electron chi connectivity index (χ1n) is 9.79. The molecule has 0 spiro atoms. The van der Waals surface area contributed by atoms with Gasteiger partial charge in [-0.1, -0.05) is 18.2 Å². The first-order chi connectivity index (χ1) is 14.9. The molecule has 164 valence electrons. The summed E-state index contributed by atoms with van der Waals surface area (Å²) < 4.78 is 48.5. The van der Waals surface area contributed by atoms with Gasteiger partial charge in [0.15, 0.2) is 0 Å². The molecule has 3 aromatic rings.